The van der Waals surface area contributed by atoms with Gasteiger partial charge in [-0.2, -0.15) is 9.29 Å². The van der Waals surface area contributed by atoms with Crippen LogP contribution in [0.25, 0.3) is 10.7 Å². The topological polar surface area (TPSA) is 105 Å². The molecule has 2 aromatic heterocycles. The molecule has 1 saturated heterocycles. The van der Waals surface area contributed by atoms with E-state index < -0.39 is 10.0 Å². The molecule has 3 aliphatic rings. The molecule has 0 spiro atoms. The zero-order valence-electron chi connectivity index (χ0n) is 17.7. The number of hydrogen-bond donors (Lipinski definition) is 1. The lowest BCUT2D eigenvalue weighted by Crippen LogP contribution is -2.47. The van der Waals surface area contributed by atoms with Crippen LogP contribution < -0.4 is 5.32 Å². The van der Waals surface area contributed by atoms with Crippen LogP contribution >= 0.6 is 11.3 Å². The van der Waals surface area contributed by atoms with E-state index in [1.165, 1.54) is 15.6 Å². The molecule has 0 unspecified atom stereocenters. The summed E-state index contributed by atoms with van der Waals surface area (Å²) in [6, 6.07) is 1.90. The van der Waals surface area contributed by atoms with Crippen LogP contribution in [0.4, 0.5) is 0 Å². The van der Waals surface area contributed by atoms with Gasteiger partial charge in [0.15, 0.2) is 0 Å². The Morgan fingerprint density at radius 2 is 1.97 bits per heavy atom. The number of sulfonamides is 1. The second-order valence-electron chi connectivity index (χ2n) is 8.95. The van der Waals surface area contributed by atoms with Crippen molar-refractivity contribution in [3.63, 3.8) is 0 Å². The van der Waals surface area contributed by atoms with E-state index in [9.17, 15) is 13.2 Å². The van der Waals surface area contributed by atoms with E-state index in [0.29, 0.717) is 40.4 Å². The Balaban J connectivity index is 1.32. The number of rotatable bonds is 6. The van der Waals surface area contributed by atoms with Gasteiger partial charge in [0.25, 0.3) is 0 Å². The van der Waals surface area contributed by atoms with Crippen LogP contribution in [0.3, 0.4) is 0 Å². The predicted octanol–water partition coefficient (Wildman–Crippen LogP) is 3.44. The van der Waals surface area contributed by atoms with Crippen LogP contribution in [0.1, 0.15) is 68.1 Å². The highest BCUT2D eigenvalue weighted by Crippen LogP contribution is 2.41. The van der Waals surface area contributed by atoms with E-state index in [1.54, 1.807) is 13.0 Å². The van der Waals surface area contributed by atoms with E-state index in [4.69, 9.17) is 4.52 Å². The van der Waals surface area contributed by atoms with Crippen molar-refractivity contribution in [3.8, 4) is 10.7 Å². The van der Waals surface area contributed by atoms with Gasteiger partial charge in [0, 0.05) is 29.9 Å². The molecule has 2 saturated carbocycles. The molecule has 2 aliphatic carbocycles. The van der Waals surface area contributed by atoms with Gasteiger partial charge < -0.3 is 9.84 Å². The van der Waals surface area contributed by atoms with Gasteiger partial charge in [-0.15, -0.1) is 11.3 Å². The van der Waals surface area contributed by atoms with Gasteiger partial charge in [-0.1, -0.05) is 18.0 Å². The fourth-order valence-electron chi connectivity index (χ4n) is 4.57. The number of hydrogen-bond acceptors (Lipinski definition) is 7. The average Bonchev–Trinajstić information content (AvgIpc) is 3.14. The van der Waals surface area contributed by atoms with E-state index in [0.717, 1.165) is 44.9 Å². The summed E-state index contributed by atoms with van der Waals surface area (Å²) in [5, 5.41) is 7.17. The second-order valence-corrected chi connectivity index (χ2v) is 12.1. The molecule has 3 heterocycles. The summed E-state index contributed by atoms with van der Waals surface area (Å²) < 4.78 is 33.7. The minimum atomic E-state index is -3.69. The van der Waals surface area contributed by atoms with Gasteiger partial charge in [-0.05, 0) is 51.5 Å². The van der Waals surface area contributed by atoms with E-state index in [1.807, 2.05) is 0 Å². The SMILES string of the molecule is Cc1sc(-c2noc(C3CC3)n2)cc1S(=O)(=O)N1CCC[C@@H](C(=O)NC2CCCC2)C1. The largest absolute Gasteiger partial charge is 0.353 e. The Hall–Kier alpha value is -1.78. The first-order chi connectivity index (χ1) is 14.9. The first-order valence-electron chi connectivity index (χ1n) is 11.2. The maximum absolute atomic E-state index is 13.4. The molecule has 0 bridgehead atoms. The number of carbonyl (C=O) groups excluding carboxylic acids is 1. The number of thiophene rings is 1. The summed E-state index contributed by atoms with van der Waals surface area (Å²) in [5.74, 6) is 1.14. The van der Waals surface area contributed by atoms with Crippen molar-refractivity contribution < 1.29 is 17.7 Å². The lowest BCUT2D eigenvalue weighted by molar-refractivity contribution is -0.126. The smallest absolute Gasteiger partial charge is 0.244 e. The molecule has 1 atom stereocenters. The molecule has 168 valence electrons. The fourth-order valence-corrected chi connectivity index (χ4v) is 7.58. The van der Waals surface area contributed by atoms with Crippen molar-refractivity contribution in [3.05, 3.63) is 16.8 Å². The Morgan fingerprint density at radius 1 is 1.19 bits per heavy atom. The molecule has 0 radical (unpaired) electrons. The number of nitrogens with zero attached hydrogens (tertiary/aromatic N) is 3. The molecular weight excluding hydrogens is 436 g/mol. The Kier molecular flexibility index (Phi) is 5.64. The third-order valence-electron chi connectivity index (χ3n) is 6.54. The average molecular weight is 465 g/mol. The van der Waals surface area contributed by atoms with Crippen molar-refractivity contribution in [2.45, 2.75) is 75.1 Å². The summed E-state index contributed by atoms with van der Waals surface area (Å²) in [5.41, 5.74) is 0. The molecule has 1 amide bonds. The zero-order valence-corrected chi connectivity index (χ0v) is 19.3. The van der Waals surface area contributed by atoms with Gasteiger partial charge in [0.05, 0.1) is 15.7 Å². The molecule has 5 rings (SSSR count). The summed E-state index contributed by atoms with van der Waals surface area (Å²) in [7, 11) is -3.69. The molecule has 3 fully saturated rings. The predicted molar refractivity (Wildman–Crippen MR) is 116 cm³/mol. The summed E-state index contributed by atoms with van der Waals surface area (Å²) in [6.07, 6.45) is 7.89. The van der Waals surface area contributed by atoms with Gasteiger partial charge in [-0.3, -0.25) is 4.79 Å². The quantitative estimate of drug-likeness (QED) is 0.702. The van der Waals surface area contributed by atoms with Gasteiger partial charge in [0.1, 0.15) is 0 Å². The van der Waals surface area contributed by atoms with E-state index >= 15 is 0 Å². The maximum atomic E-state index is 13.4. The number of aryl methyl sites for hydroxylation is 1. The monoisotopic (exact) mass is 464 g/mol. The van der Waals surface area contributed by atoms with Crippen LogP contribution in [0.2, 0.25) is 0 Å². The van der Waals surface area contributed by atoms with Crippen molar-refractivity contribution >= 4 is 27.3 Å². The first-order valence-corrected chi connectivity index (χ1v) is 13.4. The van der Waals surface area contributed by atoms with Crippen LogP contribution in [-0.2, 0) is 14.8 Å². The fraction of sp³-hybridized carbons (Fsp3) is 0.667. The van der Waals surface area contributed by atoms with Gasteiger partial charge >= 0.3 is 0 Å². The van der Waals surface area contributed by atoms with Crippen LogP contribution in [-0.4, -0.2) is 47.9 Å². The first kappa shape index (κ1) is 21.1. The lowest BCUT2D eigenvalue weighted by atomic mass is 9.98. The van der Waals surface area contributed by atoms with E-state index in [-0.39, 0.29) is 29.3 Å². The molecule has 8 nitrogen and oxygen atoms in total. The number of piperidine rings is 1. The Bertz CT molecular complexity index is 1070. The second kappa shape index (κ2) is 8.29. The molecule has 0 aromatic carbocycles. The lowest BCUT2D eigenvalue weighted by Gasteiger charge is -2.31. The normalized spacial score (nSPS) is 23.3. The van der Waals surface area contributed by atoms with Gasteiger partial charge in [-0.25, -0.2) is 8.42 Å². The minimum absolute atomic E-state index is 0.00562. The number of amides is 1. The van der Waals surface area contributed by atoms with Crippen LogP contribution in [0, 0.1) is 12.8 Å². The Morgan fingerprint density at radius 3 is 2.71 bits per heavy atom. The molecule has 2 aromatic rings. The third-order valence-corrected chi connectivity index (χ3v) is 9.70. The highest BCUT2D eigenvalue weighted by Gasteiger charge is 2.36. The third kappa shape index (κ3) is 4.29. The molecule has 31 heavy (non-hydrogen) atoms. The van der Waals surface area contributed by atoms with E-state index in [2.05, 4.69) is 15.5 Å². The summed E-state index contributed by atoms with van der Waals surface area (Å²) in [4.78, 5) is 18.8. The van der Waals surface area contributed by atoms with Crippen LogP contribution in [0.15, 0.2) is 15.5 Å². The van der Waals surface area contributed by atoms with Crippen LogP contribution in [0.5, 0.6) is 0 Å². The van der Waals surface area contributed by atoms with Crippen molar-refractivity contribution in [1.82, 2.24) is 19.8 Å². The molecule has 1 N–H and O–H groups in total. The van der Waals surface area contributed by atoms with Crippen molar-refractivity contribution in [1.29, 1.82) is 0 Å². The van der Waals surface area contributed by atoms with Gasteiger partial charge in [0.2, 0.25) is 27.6 Å². The maximum Gasteiger partial charge on any atom is 0.244 e. The Labute approximate surface area is 186 Å². The molecular formula is C21H28N4O4S2. The number of carbonyl (C=O) groups is 1. The highest BCUT2D eigenvalue weighted by molar-refractivity contribution is 7.89. The number of aromatic nitrogens is 2. The van der Waals surface area contributed by atoms with Crippen molar-refractivity contribution in [2.75, 3.05) is 13.1 Å². The highest BCUT2D eigenvalue weighted by atomic mass is 32.2. The standard InChI is InChI=1S/C21H28N4O4S2/c1-13-18(11-17(30-13)19-23-21(29-24-19)14-8-9-14)31(27,28)25-10-4-5-15(12-25)20(26)22-16-6-2-3-7-16/h11,14-16H,2-10,12H2,1H3,(H,22,26)/t15-/m1/s1. The minimum Gasteiger partial charge on any atom is -0.353 e. The number of nitrogens with one attached hydrogen (secondary N) is 1. The summed E-state index contributed by atoms with van der Waals surface area (Å²) >= 11 is 1.36. The molecule has 10 heteroatoms. The zero-order chi connectivity index (χ0) is 21.6. The molecule has 1 aliphatic heterocycles. The summed E-state index contributed by atoms with van der Waals surface area (Å²) in [6.45, 7) is 2.48. The van der Waals surface area contributed by atoms with Crippen molar-refractivity contribution in [2.24, 2.45) is 5.92 Å².